The smallest absolute Gasteiger partial charge is 0.267 e. The molecule has 0 fully saturated rings. The number of aryl methyl sites for hydroxylation is 1. The molecule has 134 valence electrons. The van der Waals surface area contributed by atoms with E-state index >= 15 is 0 Å². The Labute approximate surface area is 164 Å². The summed E-state index contributed by atoms with van der Waals surface area (Å²) in [6.45, 7) is 1.91. The normalized spacial score (nSPS) is 11.5. The zero-order valence-corrected chi connectivity index (χ0v) is 16.0. The summed E-state index contributed by atoms with van der Waals surface area (Å²) in [4.78, 5) is 18.8. The van der Waals surface area contributed by atoms with Crippen LogP contribution in [0.1, 0.15) is 16.3 Å². The Morgan fingerprint density at radius 2 is 1.85 bits per heavy atom. The SMILES string of the molecule is Cc1scc2nc(C=Cc3ccccc3O)n(-c3ccccc3Cl)c(=O)c12. The lowest BCUT2D eigenvalue weighted by atomic mass is 10.2. The highest BCUT2D eigenvalue weighted by Gasteiger charge is 2.16. The highest BCUT2D eigenvalue weighted by Crippen LogP contribution is 2.26. The van der Waals surface area contributed by atoms with Gasteiger partial charge in [-0.3, -0.25) is 9.36 Å². The summed E-state index contributed by atoms with van der Waals surface area (Å²) in [6.07, 6.45) is 3.45. The third-order valence-corrected chi connectivity index (χ3v) is 5.50. The summed E-state index contributed by atoms with van der Waals surface area (Å²) in [5, 5.41) is 12.9. The minimum absolute atomic E-state index is 0.160. The lowest BCUT2D eigenvalue weighted by Gasteiger charge is -2.12. The molecule has 0 aliphatic carbocycles. The molecule has 2 heterocycles. The number of thiophene rings is 1. The second-order valence-corrected chi connectivity index (χ2v) is 7.50. The van der Waals surface area contributed by atoms with Gasteiger partial charge >= 0.3 is 0 Å². The van der Waals surface area contributed by atoms with Gasteiger partial charge in [-0.2, -0.15) is 0 Å². The Hall–Kier alpha value is -2.89. The van der Waals surface area contributed by atoms with E-state index in [9.17, 15) is 9.90 Å². The third-order valence-electron chi connectivity index (χ3n) is 4.28. The van der Waals surface area contributed by atoms with E-state index in [-0.39, 0.29) is 11.3 Å². The van der Waals surface area contributed by atoms with Gasteiger partial charge in [0.25, 0.3) is 5.56 Å². The summed E-state index contributed by atoms with van der Waals surface area (Å²) >= 11 is 7.85. The molecule has 0 radical (unpaired) electrons. The predicted octanol–water partition coefficient (Wildman–Crippen LogP) is 5.29. The summed E-state index contributed by atoms with van der Waals surface area (Å²) < 4.78 is 1.51. The molecule has 0 atom stereocenters. The van der Waals surface area contributed by atoms with Crippen LogP contribution in [-0.2, 0) is 0 Å². The van der Waals surface area contributed by atoms with Crippen LogP contribution < -0.4 is 5.56 Å². The van der Waals surface area contributed by atoms with E-state index in [1.54, 1.807) is 42.5 Å². The second-order valence-electron chi connectivity index (χ2n) is 6.01. The summed E-state index contributed by atoms with van der Waals surface area (Å²) in [5.41, 5.74) is 1.70. The van der Waals surface area contributed by atoms with Crippen LogP contribution in [0.25, 0.3) is 28.7 Å². The molecule has 0 amide bonds. The number of para-hydroxylation sites is 2. The van der Waals surface area contributed by atoms with Gasteiger partial charge in [0.1, 0.15) is 11.6 Å². The van der Waals surface area contributed by atoms with Gasteiger partial charge in [0, 0.05) is 15.8 Å². The van der Waals surface area contributed by atoms with Crippen molar-refractivity contribution in [2.45, 2.75) is 6.92 Å². The molecule has 4 rings (SSSR count). The molecule has 27 heavy (non-hydrogen) atoms. The fourth-order valence-corrected chi connectivity index (χ4v) is 3.93. The van der Waals surface area contributed by atoms with Crippen LogP contribution >= 0.6 is 22.9 Å². The quantitative estimate of drug-likeness (QED) is 0.514. The first-order valence-electron chi connectivity index (χ1n) is 8.28. The molecule has 0 unspecified atom stereocenters. The van der Waals surface area contributed by atoms with Crippen molar-refractivity contribution in [3.63, 3.8) is 0 Å². The molecule has 0 aliphatic rings. The number of halogens is 1. The molecule has 4 nitrogen and oxygen atoms in total. The Balaban J connectivity index is 1.99. The number of phenols is 1. The summed E-state index contributed by atoms with van der Waals surface area (Å²) in [6, 6.07) is 14.2. The predicted molar refractivity (Wildman–Crippen MR) is 112 cm³/mol. The van der Waals surface area contributed by atoms with Crippen molar-refractivity contribution in [1.82, 2.24) is 9.55 Å². The number of nitrogens with zero attached hydrogens (tertiary/aromatic N) is 2. The number of benzene rings is 2. The minimum atomic E-state index is -0.163. The molecule has 1 N–H and O–H groups in total. The van der Waals surface area contributed by atoms with Crippen LogP contribution in [0.5, 0.6) is 5.75 Å². The second kappa shape index (κ2) is 7.02. The Bertz CT molecular complexity index is 1240. The lowest BCUT2D eigenvalue weighted by Crippen LogP contribution is -2.22. The largest absolute Gasteiger partial charge is 0.507 e. The molecule has 0 saturated carbocycles. The maximum Gasteiger partial charge on any atom is 0.267 e. The zero-order chi connectivity index (χ0) is 19.0. The first-order chi connectivity index (χ1) is 13.1. The lowest BCUT2D eigenvalue weighted by molar-refractivity contribution is 0.474. The van der Waals surface area contributed by atoms with E-state index in [4.69, 9.17) is 11.6 Å². The van der Waals surface area contributed by atoms with Gasteiger partial charge in [-0.15, -0.1) is 11.3 Å². The van der Waals surface area contributed by atoms with E-state index in [1.165, 1.54) is 15.9 Å². The van der Waals surface area contributed by atoms with Crippen molar-refractivity contribution in [3.05, 3.63) is 85.6 Å². The van der Waals surface area contributed by atoms with Gasteiger partial charge in [-0.1, -0.05) is 41.9 Å². The molecule has 0 bridgehead atoms. The number of hydrogen-bond acceptors (Lipinski definition) is 4. The number of phenolic OH excluding ortho intramolecular Hbond substituents is 1. The van der Waals surface area contributed by atoms with Crippen LogP contribution in [0.15, 0.2) is 58.7 Å². The van der Waals surface area contributed by atoms with Gasteiger partial charge in [0.2, 0.25) is 0 Å². The molecular weight excluding hydrogens is 380 g/mol. The first kappa shape index (κ1) is 17.5. The zero-order valence-electron chi connectivity index (χ0n) is 14.4. The standard InChI is InChI=1S/C21H15ClN2O2S/c1-13-20-16(12-27-13)23-19(11-10-14-6-2-5-9-18(14)25)24(21(20)26)17-8-4-3-7-15(17)22/h2-12,25H,1H3. The molecular formula is C21H15ClN2O2S. The topological polar surface area (TPSA) is 55.1 Å². The van der Waals surface area contributed by atoms with Crippen molar-refractivity contribution in [2.75, 3.05) is 0 Å². The Morgan fingerprint density at radius 1 is 1.11 bits per heavy atom. The van der Waals surface area contributed by atoms with E-state index in [0.29, 0.717) is 33.0 Å². The van der Waals surface area contributed by atoms with Crippen LogP contribution in [0.3, 0.4) is 0 Å². The van der Waals surface area contributed by atoms with Gasteiger partial charge in [0.05, 0.1) is 21.6 Å². The first-order valence-corrected chi connectivity index (χ1v) is 9.54. The van der Waals surface area contributed by atoms with Crippen LogP contribution in [0.2, 0.25) is 5.02 Å². The van der Waals surface area contributed by atoms with Crippen LogP contribution in [0.4, 0.5) is 0 Å². The number of aromatic hydroxyl groups is 1. The third kappa shape index (κ3) is 3.16. The number of fused-ring (bicyclic) bond motifs is 1. The van der Waals surface area contributed by atoms with Crippen molar-refractivity contribution < 1.29 is 5.11 Å². The van der Waals surface area contributed by atoms with E-state index in [0.717, 1.165) is 4.88 Å². The molecule has 0 saturated heterocycles. The number of aromatic nitrogens is 2. The van der Waals surface area contributed by atoms with Gasteiger partial charge in [-0.05, 0) is 37.3 Å². The molecule has 2 aromatic heterocycles. The average Bonchev–Trinajstić information content (AvgIpc) is 3.03. The fourth-order valence-electron chi connectivity index (χ4n) is 2.94. The Morgan fingerprint density at radius 3 is 2.63 bits per heavy atom. The highest BCUT2D eigenvalue weighted by molar-refractivity contribution is 7.11. The van der Waals surface area contributed by atoms with E-state index < -0.39 is 0 Å². The van der Waals surface area contributed by atoms with Crippen molar-refractivity contribution in [2.24, 2.45) is 0 Å². The highest BCUT2D eigenvalue weighted by atomic mass is 35.5. The maximum atomic E-state index is 13.2. The molecule has 4 aromatic rings. The van der Waals surface area contributed by atoms with Gasteiger partial charge < -0.3 is 5.11 Å². The molecule has 0 spiro atoms. The van der Waals surface area contributed by atoms with E-state index in [2.05, 4.69) is 4.98 Å². The molecule has 6 heteroatoms. The Kier molecular flexibility index (Phi) is 4.56. The molecule has 2 aromatic carbocycles. The summed E-state index contributed by atoms with van der Waals surface area (Å²) in [7, 11) is 0. The van der Waals surface area contributed by atoms with E-state index in [1.807, 2.05) is 30.5 Å². The minimum Gasteiger partial charge on any atom is -0.507 e. The van der Waals surface area contributed by atoms with Gasteiger partial charge in [0.15, 0.2) is 0 Å². The van der Waals surface area contributed by atoms with Crippen molar-refractivity contribution >= 4 is 46.0 Å². The average molecular weight is 395 g/mol. The number of hydrogen-bond donors (Lipinski definition) is 1. The van der Waals surface area contributed by atoms with Gasteiger partial charge in [-0.25, -0.2) is 4.98 Å². The van der Waals surface area contributed by atoms with Crippen LogP contribution in [-0.4, -0.2) is 14.7 Å². The van der Waals surface area contributed by atoms with Crippen molar-refractivity contribution in [3.8, 4) is 11.4 Å². The summed E-state index contributed by atoms with van der Waals surface area (Å²) in [5.74, 6) is 0.606. The van der Waals surface area contributed by atoms with Crippen molar-refractivity contribution in [1.29, 1.82) is 0 Å². The van der Waals surface area contributed by atoms with Crippen LogP contribution in [0, 0.1) is 6.92 Å². The monoisotopic (exact) mass is 394 g/mol. The molecule has 0 aliphatic heterocycles. The number of rotatable bonds is 3. The fraction of sp³-hybridized carbons (Fsp3) is 0.0476. The maximum absolute atomic E-state index is 13.2.